The monoisotopic (exact) mass is 308 g/mol. The number of anilines is 2. The van der Waals surface area contributed by atoms with Gasteiger partial charge in [0.2, 0.25) is 11.8 Å². The molecule has 2 amide bonds. The Bertz CT molecular complexity index is 720. The SMILES string of the molecule is Cc1cc(C)cc(NC(=O)C2CC2C(=O)Nc2ccccc2)c1. The third-order valence-corrected chi connectivity index (χ3v) is 3.99. The average Bonchev–Trinajstić information content (AvgIpc) is 3.27. The van der Waals surface area contributed by atoms with Crippen molar-refractivity contribution in [2.75, 3.05) is 10.6 Å². The Morgan fingerprint density at radius 1 is 0.826 bits per heavy atom. The van der Waals surface area contributed by atoms with Gasteiger partial charge in [0.25, 0.3) is 0 Å². The van der Waals surface area contributed by atoms with Gasteiger partial charge in [0.15, 0.2) is 0 Å². The van der Waals surface area contributed by atoms with Gasteiger partial charge in [-0.3, -0.25) is 9.59 Å². The van der Waals surface area contributed by atoms with E-state index in [4.69, 9.17) is 0 Å². The van der Waals surface area contributed by atoms with Gasteiger partial charge in [-0.05, 0) is 55.7 Å². The molecule has 2 N–H and O–H groups in total. The maximum Gasteiger partial charge on any atom is 0.228 e. The van der Waals surface area contributed by atoms with Crippen molar-refractivity contribution in [1.82, 2.24) is 0 Å². The van der Waals surface area contributed by atoms with Crippen LogP contribution in [0, 0.1) is 25.7 Å². The molecule has 23 heavy (non-hydrogen) atoms. The Hall–Kier alpha value is -2.62. The summed E-state index contributed by atoms with van der Waals surface area (Å²) >= 11 is 0. The van der Waals surface area contributed by atoms with Crippen LogP contribution >= 0.6 is 0 Å². The number of carbonyl (C=O) groups excluding carboxylic acids is 2. The molecule has 1 aliphatic rings. The van der Waals surface area contributed by atoms with E-state index in [1.54, 1.807) is 0 Å². The number of amides is 2. The third kappa shape index (κ3) is 3.77. The van der Waals surface area contributed by atoms with E-state index in [0.717, 1.165) is 22.5 Å². The highest BCUT2D eigenvalue weighted by atomic mass is 16.2. The van der Waals surface area contributed by atoms with E-state index in [2.05, 4.69) is 16.7 Å². The Morgan fingerprint density at radius 3 is 1.91 bits per heavy atom. The van der Waals surface area contributed by atoms with Gasteiger partial charge in [0, 0.05) is 11.4 Å². The summed E-state index contributed by atoms with van der Waals surface area (Å²) in [6, 6.07) is 15.2. The first kappa shape index (κ1) is 15.3. The highest BCUT2D eigenvalue weighted by Gasteiger charge is 2.48. The molecule has 0 heterocycles. The van der Waals surface area contributed by atoms with Crippen LogP contribution in [0.3, 0.4) is 0 Å². The first-order chi connectivity index (χ1) is 11.0. The zero-order valence-electron chi connectivity index (χ0n) is 13.3. The van der Waals surface area contributed by atoms with Crippen molar-refractivity contribution < 1.29 is 9.59 Å². The maximum atomic E-state index is 12.3. The van der Waals surface area contributed by atoms with Crippen LogP contribution in [0.15, 0.2) is 48.5 Å². The zero-order chi connectivity index (χ0) is 16.4. The molecule has 0 bridgehead atoms. The highest BCUT2D eigenvalue weighted by Crippen LogP contribution is 2.40. The lowest BCUT2D eigenvalue weighted by Crippen LogP contribution is -2.20. The second-order valence-corrected chi connectivity index (χ2v) is 6.17. The molecule has 4 nitrogen and oxygen atoms in total. The Balaban J connectivity index is 1.57. The van der Waals surface area contributed by atoms with Crippen LogP contribution in [-0.2, 0) is 9.59 Å². The summed E-state index contributed by atoms with van der Waals surface area (Å²) in [7, 11) is 0. The van der Waals surface area contributed by atoms with Crippen LogP contribution in [0.2, 0.25) is 0 Å². The van der Waals surface area contributed by atoms with E-state index in [-0.39, 0.29) is 23.7 Å². The second-order valence-electron chi connectivity index (χ2n) is 6.17. The van der Waals surface area contributed by atoms with Gasteiger partial charge < -0.3 is 10.6 Å². The van der Waals surface area contributed by atoms with Crippen molar-refractivity contribution in [2.45, 2.75) is 20.3 Å². The number of carbonyl (C=O) groups is 2. The molecule has 0 aliphatic heterocycles. The molecule has 0 aromatic heterocycles. The van der Waals surface area contributed by atoms with E-state index < -0.39 is 0 Å². The Kier molecular flexibility index (Phi) is 4.15. The number of rotatable bonds is 4. The van der Waals surface area contributed by atoms with Gasteiger partial charge in [-0.25, -0.2) is 0 Å². The molecule has 0 radical (unpaired) electrons. The molecule has 3 rings (SSSR count). The van der Waals surface area contributed by atoms with E-state index in [0.29, 0.717) is 6.42 Å². The minimum atomic E-state index is -0.237. The van der Waals surface area contributed by atoms with E-state index in [9.17, 15) is 9.59 Å². The number of benzene rings is 2. The topological polar surface area (TPSA) is 58.2 Å². The van der Waals surface area contributed by atoms with Crippen molar-refractivity contribution in [3.63, 3.8) is 0 Å². The smallest absolute Gasteiger partial charge is 0.228 e. The molecule has 2 unspecified atom stereocenters. The minimum Gasteiger partial charge on any atom is -0.326 e. The van der Waals surface area contributed by atoms with Crippen molar-refractivity contribution in [3.05, 3.63) is 59.7 Å². The molecule has 1 saturated carbocycles. The van der Waals surface area contributed by atoms with Crippen LogP contribution in [0.1, 0.15) is 17.5 Å². The minimum absolute atomic E-state index is 0.0804. The van der Waals surface area contributed by atoms with Crippen molar-refractivity contribution >= 4 is 23.2 Å². The van der Waals surface area contributed by atoms with E-state index >= 15 is 0 Å². The van der Waals surface area contributed by atoms with Gasteiger partial charge in [-0.1, -0.05) is 24.3 Å². The third-order valence-electron chi connectivity index (χ3n) is 3.99. The van der Waals surface area contributed by atoms with Crippen molar-refractivity contribution in [1.29, 1.82) is 0 Å². The molecule has 1 fully saturated rings. The summed E-state index contributed by atoms with van der Waals surface area (Å²) in [6.45, 7) is 3.99. The van der Waals surface area contributed by atoms with Gasteiger partial charge in [0.05, 0.1) is 11.8 Å². The first-order valence-corrected chi connectivity index (χ1v) is 7.78. The van der Waals surface area contributed by atoms with Gasteiger partial charge in [0.1, 0.15) is 0 Å². The maximum absolute atomic E-state index is 12.3. The number of para-hydroxylation sites is 1. The van der Waals surface area contributed by atoms with Crippen LogP contribution in [0.25, 0.3) is 0 Å². The number of hydrogen-bond donors (Lipinski definition) is 2. The first-order valence-electron chi connectivity index (χ1n) is 7.78. The van der Waals surface area contributed by atoms with Crippen LogP contribution in [0.4, 0.5) is 11.4 Å². The fraction of sp³-hybridized carbons (Fsp3) is 0.263. The number of hydrogen-bond acceptors (Lipinski definition) is 2. The van der Waals surface area contributed by atoms with Crippen LogP contribution in [0.5, 0.6) is 0 Å². The molecular formula is C19H20N2O2. The Morgan fingerprint density at radius 2 is 1.35 bits per heavy atom. The molecule has 2 atom stereocenters. The molecule has 2 aromatic carbocycles. The molecule has 1 aliphatic carbocycles. The zero-order valence-corrected chi connectivity index (χ0v) is 13.3. The number of nitrogens with one attached hydrogen (secondary N) is 2. The predicted octanol–water partition coefficient (Wildman–Crippen LogP) is 3.52. The summed E-state index contributed by atoms with van der Waals surface area (Å²) in [5.41, 5.74) is 3.77. The van der Waals surface area contributed by atoms with Crippen molar-refractivity contribution in [2.24, 2.45) is 11.8 Å². The second kappa shape index (κ2) is 6.24. The highest BCUT2D eigenvalue weighted by molar-refractivity contribution is 6.03. The molecule has 0 spiro atoms. The molecule has 2 aromatic rings. The average molecular weight is 308 g/mol. The summed E-state index contributed by atoms with van der Waals surface area (Å²) in [5.74, 6) is -0.638. The fourth-order valence-corrected chi connectivity index (χ4v) is 2.81. The largest absolute Gasteiger partial charge is 0.326 e. The lowest BCUT2D eigenvalue weighted by atomic mass is 10.1. The predicted molar refractivity (Wildman–Crippen MR) is 91.2 cm³/mol. The van der Waals surface area contributed by atoms with Crippen LogP contribution in [-0.4, -0.2) is 11.8 Å². The van der Waals surface area contributed by atoms with Crippen LogP contribution < -0.4 is 10.6 Å². The lowest BCUT2D eigenvalue weighted by molar-refractivity contribution is -0.122. The summed E-state index contributed by atoms with van der Waals surface area (Å²) < 4.78 is 0. The standard InChI is InChI=1S/C19H20N2O2/c1-12-8-13(2)10-15(9-12)21-19(23)17-11-16(17)18(22)20-14-6-4-3-5-7-14/h3-10,16-17H,11H2,1-2H3,(H,20,22)(H,21,23). The van der Waals surface area contributed by atoms with Crippen molar-refractivity contribution in [3.8, 4) is 0 Å². The molecule has 4 heteroatoms. The summed E-state index contributed by atoms with van der Waals surface area (Å²) in [4.78, 5) is 24.4. The normalized spacial score (nSPS) is 19.0. The fourth-order valence-electron chi connectivity index (χ4n) is 2.81. The van der Waals surface area contributed by atoms with E-state index in [1.807, 2.05) is 56.3 Å². The molecule has 0 saturated heterocycles. The van der Waals surface area contributed by atoms with Gasteiger partial charge in [-0.2, -0.15) is 0 Å². The summed E-state index contributed by atoms with van der Waals surface area (Å²) in [6.07, 6.45) is 0.606. The number of aryl methyl sites for hydroxylation is 2. The quantitative estimate of drug-likeness (QED) is 0.908. The molecule has 118 valence electrons. The Labute approximate surface area is 135 Å². The molecular weight excluding hydrogens is 288 g/mol. The lowest BCUT2D eigenvalue weighted by Gasteiger charge is -2.08. The van der Waals surface area contributed by atoms with E-state index in [1.165, 1.54) is 0 Å². The van der Waals surface area contributed by atoms with Gasteiger partial charge >= 0.3 is 0 Å². The summed E-state index contributed by atoms with van der Waals surface area (Å²) in [5, 5.41) is 5.77. The van der Waals surface area contributed by atoms with Gasteiger partial charge in [-0.15, -0.1) is 0 Å².